The van der Waals surface area contributed by atoms with E-state index in [1.54, 1.807) is 22.8 Å². The standard InChI is InChI=1S/C26H35ClF3N3O2/c1-6-21-32-22(24(34)31-15-17-9-7-16(2)8-10-17)23(27)33(21)19-12-11-18(20(13-19)35-5)14-25(3,4)26(28,29)30/h11-13,16-17H,6-10,14-15H2,1-5H3,(H,31,34). The first-order valence-electron chi connectivity index (χ1n) is 12.2. The topological polar surface area (TPSA) is 56.2 Å². The minimum Gasteiger partial charge on any atom is -0.496 e. The van der Waals surface area contributed by atoms with Crippen molar-refractivity contribution in [1.82, 2.24) is 14.9 Å². The van der Waals surface area contributed by atoms with Gasteiger partial charge < -0.3 is 10.1 Å². The van der Waals surface area contributed by atoms with Crippen LogP contribution < -0.4 is 10.1 Å². The third kappa shape index (κ3) is 6.13. The zero-order chi connectivity index (χ0) is 26.0. The Morgan fingerprint density at radius 2 is 1.89 bits per heavy atom. The molecule has 0 spiro atoms. The van der Waals surface area contributed by atoms with Crippen molar-refractivity contribution in [2.75, 3.05) is 13.7 Å². The number of aryl methyl sites for hydroxylation is 1. The van der Waals surface area contributed by atoms with Crippen LogP contribution in [-0.2, 0) is 12.8 Å². The van der Waals surface area contributed by atoms with Gasteiger partial charge in [0, 0.05) is 19.0 Å². The first-order chi connectivity index (χ1) is 16.4. The number of hydrogen-bond acceptors (Lipinski definition) is 3. The molecule has 1 aliphatic rings. The van der Waals surface area contributed by atoms with Gasteiger partial charge in [0.15, 0.2) is 5.69 Å². The van der Waals surface area contributed by atoms with E-state index in [2.05, 4.69) is 17.2 Å². The average Bonchev–Trinajstić information content (AvgIpc) is 3.14. The molecule has 3 rings (SSSR count). The van der Waals surface area contributed by atoms with Crippen LogP contribution >= 0.6 is 11.6 Å². The molecule has 0 saturated heterocycles. The molecule has 0 unspecified atom stereocenters. The molecule has 0 aliphatic heterocycles. The van der Waals surface area contributed by atoms with Crippen molar-refractivity contribution in [3.63, 3.8) is 0 Å². The van der Waals surface area contributed by atoms with Gasteiger partial charge >= 0.3 is 6.18 Å². The van der Waals surface area contributed by atoms with Crippen LogP contribution in [-0.4, -0.2) is 35.3 Å². The molecular formula is C26H35ClF3N3O2. The highest BCUT2D eigenvalue weighted by Crippen LogP contribution is 2.42. The van der Waals surface area contributed by atoms with Crippen molar-refractivity contribution in [3.05, 3.63) is 40.4 Å². The van der Waals surface area contributed by atoms with Crippen molar-refractivity contribution >= 4 is 17.5 Å². The lowest BCUT2D eigenvalue weighted by molar-refractivity contribution is -0.211. The number of carbonyl (C=O) groups excluding carboxylic acids is 1. The number of carbonyl (C=O) groups is 1. The minimum absolute atomic E-state index is 0.147. The van der Waals surface area contributed by atoms with E-state index in [9.17, 15) is 18.0 Å². The van der Waals surface area contributed by atoms with Gasteiger partial charge in [-0.3, -0.25) is 9.36 Å². The van der Waals surface area contributed by atoms with E-state index in [1.807, 2.05) is 6.92 Å². The second kappa shape index (κ2) is 10.8. The van der Waals surface area contributed by atoms with Gasteiger partial charge in [-0.2, -0.15) is 13.2 Å². The first-order valence-corrected chi connectivity index (χ1v) is 12.5. The van der Waals surface area contributed by atoms with Crippen LogP contribution in [0.1, 0.15) is 75.3 Å². The fourth-order valence-corrected chi connectivity index (χ4v) is 4.86. The Kier molecular flexibility index (Phi) is 8.45. The van der Waals surface area contributed by atoms with Gasteiger partial charge in [0.1, 0.15) is 16.7 Å². The second-order valence-corrected chi connectivity index (χ2v) is 10.6. The maximum absolute atomic E-state index is 13.4. The molecule has 1 amide bonds. The van der Waals surface area contributed by atoms with E-state index in [0.717, 1.165) is 18.8 Å². The molecule has 9 heteroatoms. The van der Waals surface area contributed by atoms with Gasteiger partial charge in [0.05, 0.1) is 18.2 Å². The number of nitrogens with zero attached hydrogens (tertiary/aromatic N) is 2. The number of ether oxygens (including phenoxy) is 1. The molecule has 1 aromatic heterocycles. The zero-order valence-electron chi connectivity index (χ0n) is 21.1. The van der Waals surface area contributed by atoms with Crippen LogP contribution in [0.4, 0.5) is 13.2 Å². The van der Waals surface area contributed by atoms with Gasteiger partial charge in [0.25, 0.3) is 5.91 Å². The van der Waals surface area contributed by atoms with Crippen LogP contribution in [0, 0.1) is 17.3 Å². The summed E-state index contributed by atoms with van der Waals surface area (Å²) in [6, 6.07) is 4.93. The lowest BCUT2D eigenvalue weighted by Crippen LogP contribution is -2.34. The largest absolute Gasteiger partial charge is 0.496 e. The molecular weight excluding hydrogens is 479 g/mol. The second-order valence-electron chi connectivity index (χ2n) is 10.2. The number of imidazole rings is 1. The molecule has 35 heavy (non-hydrogen) atoms. The molecule has 1 aromatic carbocycles. The minimum atomic E-state index is -4.35. The summed E-state index contributed by atoms with van der Waals surface area (Å²) in [5.74, 6) is 1.78. The van der Waals surface area contributed by atoms with Crippen LogP contribution in [0.3, 0.4) is 0 Å². The van der Waals surface area contributed by atoms with Gasteiger partial charge in [-0.15, -0.1) is 0 Å². The number of halogens is 4. The number of alkyl halides is 3. The molecule has 5 nitrogen and oxygen atoms in total. The third-order valence-corrected chi connectivity index (χ3v) is 7.39. The number of methoxy groups -OCH3 is 1. The maximum atomic E-state index is 13.4. The molecule has 0 atom stereocenters. The highest BCUT2D eigenvalue weighted by Gasteiger charge is 2.47. The van der Waals surface area contributed by atoms with Gasteiger partial charge in [-0.05, 0) is 42.7 Å². The Bertz CT molecular complexity index is 1040. The quantitative estimate of drug-likeness (QED) is 0.423. The molecule has 1 N–H and O–H groups in total. The number of amides is 1. The number of aromatic nitrogens is 2. The monoisotopic (exact) mass is 513 g/mol. The SMILES string of the molecule is CCc1nc(C(=O)NCC2CCC(C)CC2)c(Cl)n1-c1ccc(CC(C)(C)C(F)(F)F)c(OC)c1. The van der Waals surface area contributed by atoms with Crippen LogP contribution in [0.25, 0.3) is 5.69 Å². The third-order valence-electron chi connectivity index (χ3n) is 7.04. The van der Waals surface area contributed by atoms with E-state index in [0.29, 0.717) is 41.7 Å². The Morgan fingerprint density at radius 1 is 1.23 bits per heavy atom. The summed E-state index contributed by atoms with van der Waals surface area (Å²) in [7, 11) is 1.42. The van der Waals surface area contributed by atoms with Gasteiger partial charge in [-0.1, -0.05) is 58.2 Å². The van der Waals surface area contributed by atoms with E-state index in [1.165, 1.54) is 33.8 Å². The zero-order valence-corrected chi connectivity index (χ0v) is 21.8. The fourth-order valence-electron chi connectivity index (χ4n) is 4.54. The van der Waals surface area contributed by atoms with Crippen LogP contribution in [0.2, 0.25) is 5.15 Å². The van der Waals surface area contributed by atoms with Crippen molar-refractivity contribution in [2.45, 2.75) is 72.4 Å². The molecule has 1 heterocycles. The average molecular weight is 514 g/mol. The smallest absolute Gasteiger partial charge is 0.394 e. The number of rotatable bonds is 8. The molecule has 0 radical (unpaired) electrons. The normalized spacial score (nSPS) is 19.0. The van der Waals surface area contributed by atoms with E-state index < -0.39 is 11.6 Å². The summed E-state index contributed by atoms with van der Waals surface area (Å²) < 4.78 is 47.3. The van der Waals surface area contributed by atoms with Gasteiger partial charge in [0.2, 0.25) is 0 Å². The Labute approximate surface area is 210 Å². The molecule has 194 valence electrons. The molecule has 1 saturated carbocycles. The summed E-state index contributed by atoms with van der Waals surface area (Å²) in [5.41, 5.74) is -0.753. The van der Waals surface area contributed by atoms with Crippen LogP contribution in [0.15, 0.2) is 18.2 Å². The van der Waals surface area contributed by atoms with E-state index in [4.69, 9.17) is 16.3 Å². The summed E-state index contributed by atoms with van der Waals surface area (Å²) in [5, 5.41) is 3.15. The van der Waals surface area contributed by atoms with Crippen molar-refractivity contribution in [3.8, 4) is 11.4 Å². The Morgan fingerprint density at radius 3 is 2.46 bits per heavy atom. The van der Waals surface area contributed by atoms with Crippen LogP contribution in [0.5, 0.6) is 5.75 Å². The predicted octanol–water partition coefficient (Wildman–Crippen LogP) is 6.78. The summed E-state index contributed by atoms with van der Waals surface area (Å²) >= 11 is 6.63. The number of hydrogen-bond donors (Lipinski definition) is 1. The molecule has 0 bridgehead atoms. The molecule has 1 fully saturated rings. The maximum Gasteiger partial charge on any atom is 0.394 e. The molecule has 2 aromatic rings. The summed E-state index contributed by atoms with van der Waals surface area (Å²) in [6.45, 7) is 7.08. The lowest BCUT2D eigenvalue weighted by Gasteiger charge is -2.28. The lowest BCUT2D eigenvalue weighted by atomic mass is 9.83. The van der Waals surface area contributed by atoms with Crippen molar-refractivity contribution < 1.29 is 22.7 Å². The van der Waals surface area contributed by atoms with E-state index >= 15 is 0 Å². The number of benzene rings is 1. The summed E-state index contributed by atoms with van der Waals surface area (Å²) in [4.78, 5) is 17.4. The van der Waals surface area contributed by atoms with E-state index in [-0.39, 0.29) is 23.2 Å². The van der Waals surface area contributed by atoms with Crippen molar-refractivity contribution in [1.29, 1.82) is 0 Å². The number of nitrogens with one attached hydrogen (secondary N) is 1. The molecule has 1 aliphatic carbocycles. The van der Waals surface area contributed by atoms with Gasteiger partial charge in [-0.25, -0.2) is 4.98 Å². The first kappa shape index (κ1) is 27.4. The highest BCUT2D eigenvalue weighted by molar-refractivity contribution is 6.32. The summed E-state index contributed by atoms with van der Waals surface area (Å²) in [6.07, 6.45) is 0.479. The Balaban J connectivity index is 1.84. The fraction of sp³-hybridized carbons (Fsp3) is 0.615. The highest BCUT2D eigenvalue weighted by atomic mass is 35.5. The van der Waals surface area contributed by atoms with Crippen molar-refractivity contribution in [2.24, 2.45) is 17.3 Å². The predicted molar refractivity (Wildman–Crippen MR) is 131 cm³/mol. The Hall–Kier alpha value is -2.22.